The third-order valence-corrected chi connectivity index (χ3v) is 5.23. The first kappa shape index (κ1) is 16.6. The second-order valence-corrected chi connectivity index (χ2v) is 6.90. The van der Waals surface area contributed by atoms with Gasteiger partial charge in [-0.25, -0.2) is 4.39 Å². The van der Waals surface area contributed by atoms with Crippen molar-refractivity contribution in [2.24, 2.45) is 0 Å². The van der Waals surface area contributed by atoms with Crippen molar-refractivity contribution >= 4 is 11.6 Å². The fourth-order valence-corrected chi connectivity index (χ4v) is 3.53. The van der Waals surface area contributed by atoms with Gasteiger partial charge in [0.25, 0.3) is 5.78 Å². The average Bonchev–Trinajstić information content (AvgIpc) is 3.42. The van der Waals surface area contributed by atoms with Gasteiger partial charge >= 0.3 is 0 Å². The molecule has 4 aromatic rings. The van der Waals surface area contributed by atoms with Crippen LogP contribution in [0.5, 0.6) is 5.75 Å². The molecular formula is C20H17FN6O. The Balaban J connectivity index is 1.64. The Kier molecular flexibility index (Phi) is 3.55. The Morgan fingerprint density at radius 1 is 1.04 bits per heavy atom. The van der Waals surface area contributed by atoms with Crippen molar-refractivity contribution in [3.8, 4) is 17.0 Å². The molecule has 28 heavy (non-hydrogen) atoms. The van der Waals surface area contributed by atoms with E-state index in [1.54, 1.807) is 23.8 Å². The third-order valence-electron chi connectivity index (χ3n) is 5.23. The number of rotatable bonds is 4. The molecule has 140 valence electrons. The standard InChI is InChI=1S/C20H17FN6O/c1-28-15-8-4-13(5-9-15)20(10-11-20)18-24-25-19-23-17(22)16(26-27(18)19)12-2-6-14(21)7-3-12/h2-9H,10-11H2,1H3,(H2,22,23,25). The molecule has 5 rings (SSSR count). The number of hydrogen-bond acceptors (Lipinski definition) is 6. The molecule has 2 N–H and O–H groups in total. The van der Waals surface area contributed by atoms with Crippen molar-refractivity contribution in [3.63, 3.8) is 0 Å². The topological polar surface area (TPSA) is 91.2 Å². The summed E-state index contributed by atoms with van der Waals surface area (Å²) in [7, 11) is 1.64. The van der Waals surface area contributed by atoms with E-state index in [1.807, 2.05) is 24.3 Å². The molecule has 0 spiro atoms. The summed E-state index contributed by atoms with van der Waals surface area (Å²) in [6.45, 7) is 0. The number of nitrogens with zero attached hydrogens (tertiary/aromatic N) is 5. The zero-order valence-electron chi connectivity index (χ0n) is 15.1. The molecule has 0 aliphatic heterocycles. The van der Waals surface area contributed by atoms with E-state index in [1.165, 1.54) is 12.1 Å². The van der Waals surface area contributed by atoms with Crippen LogP contribution in [0, 0.1) is 5.82 Å². The van der Waals surface area contributed by atoms with Crippen molar-refractivity contribution in [3.05, 3.63) is 65.7 Å². The fraction of sp³-hybridized carbons (Fsp3) is 0.200. The Hall–Kier alpha value is -3.55. The van der Waals surface area contributed by atoms with Crippen LogP contribution in [-0.2, 0) is 5.41 Å². The second kappa shape index (κ2) is 5.98. The summed E-state index contributed by atoms with van der Waals surface area (Å²) >= 11 is 0. The number of fused-ring (bicyclic) bond motifs is 1. The maximum absolute atomic E-state index is 13.3. The quantitative estimate of drug-likeness (QED) is 0.589. The molecule has 0 unspecified atom stereocenters. The predicted molar refractivity (Wildman–Crippen MR) is 101 cm³/mol. The maximum Gasteiger partial charge on any atom is 0.273 e. The molecule has 1 aliphatic rings. The van der Waals surface area contributed by atoms with Crippen LogP contribution < -0.4 is 10.5 Å². The highest BCUT2D eigenvalue weighted by Crippen LogP contribution is 2.52. The first-order valence-electron chi connectivity index (χ1n) is 8.91. The Labute approximate surface area is 160 Å². The first-order valence-corrected chi connectivity index (χ1v) is 8.91. The number of halogens is 1. The molecule has 1 aliphatic carbocycles. The SMILES string of the molecule is COc1ccc(C2(c3nnc4nc(N)c(-c5ccc(F)cc5)nn34)CC2)cc1. The van der Waals surface area contributed by atoms with Crippen LogP contribution >= 0.6 is 0 Å². The van der Waals surface area contributed by atoms with Crippen molar-refractivity contribution in [1.29, 1.82) is 0 Å². The largest absolute Gasteiger partial charge is 0.497 e. The molecule has 8 heteroatoms. The van der Waals surface area contributed by atoms with E-state index in [2.05, 4.69) is 20.3 Å². The molecule has 7 nitrogen and oxygen atoms in total. The van der Waals surface area contributed by atoms with E-state index < -0.39 is 0 Å². The van der Waals surface area contributed by atoms with Gasteiger partial charge in [-0.1, -0.05) is 12.1 Å². The lowest BCUT2D eigenvalue weighted by Gasteiger charge is -2.14. The summed E-state index contributed by atoms with van der Waals surface area (Å²) in [6.07, 6.45) is 1.89. The predicted octanol–water partition coefficient (Wildman–Crippen LogP) is 3.00. The van der Waals surface area contributed by atoms with Gasteiger partial charge in [-0.15, -0.1) is 10.2 Å². The van der Waals surface area contributed by atoms with E-state index >= 15 is 0 Å². The van der Waals surface area contributed by atoms with Crippen molar-refractivity contribution in [1.82, 2.24) is 24.8 Å². The minimum absolute atomic E-state index is 0.229. The average molecular weight is 376 g/mol. The lowest BCUT2D eigenvalue weighted by molar-refractivity contribution is 0.414. The number of anilines is 1. The van der Waals surface area contributed by atoms with Crippen molar-refractivity contribution in [2.75, 3.05) is 12.8 Å². The van der Waals surface area contributed by atoms with Gasteiger partial charge in [0, 0.05) is 5.56 Å². The number of nitrogen functional groups attached to an aromatic ring is 1. The summed E-state index contributed by atoms with van der Waals surface area (Å²) in [5.41, 5.74) is 8.10. The highest BCUT2D eigenvalue weighted by molar-refractivity contribution is 5.70. The van der Waals surface area contributed by atoms with Crippen LogP contribution in [0.2, 0.25) is 0 Å². The minimum Gasteiger partial charge on any atom is -0.497 e. The highest BCUT2D eigenvalue weighted by Gasteiger charge is 2.50. The van der Waals surface area contributed by atoms with Gasteiger partial charge in [-0.2, -0.15) is 14.6 Å². The van der Waals surface area contributed by atoms with Gasteiger partial charge in [-0.3, -0.25) is 0 Å². The van der Waals surface area contributed by atoms with Crippen molar-refractivity contribution in [2.45, 2.75) is 18.3 Å². The molecule has 2 heterocycles. The van der Waals surface area contributed by atoms with Crippen LogP contribution in [0.4, 0.5) is 10.2 Å². The van der Waals surface area contributed by atoms with Crippen LogP contribution in [0.25, 0.3) is 17.0 Å². The van der Waals surface area contributed by atoms with Crippen LogP contribution in [0.3, 0.4) is 0 Å². The first-order chi connectivity index (χ1) is 13.6. The molecule has 0 atom stereocenters. The maximum atomic E-state index is 13.3. The molecule has 2 aromatic heterocycles. The summed E-state index contributed by atoms with van der Waals surface area (Å²) in [4.78, 5) is 4.35. The molecular weight excluding hydrogens is 359 g/mol. The molecule has 0 bridgehead atoms. The molecule has 1 fully saturated rings. The zero-order chi connectivity index (χ0) is 19.3. The summed E-state index contributed by atoms with van der Waals surface area (Å²) in [6, 6.07) is 13.9. The minimum atomic E-state index is -0.321. The Morgan fingerprint density at radius 2 is 1.75 bits per heavy atom. The third kappa shape index (κ3) is 2.49. The molecule has 2 aromatic carbocycles. The molecule has 0 amide bonds. The highest BCUT2D eigenvalue weighted by atomic mass is 19.1. The van der Waals surface area contributed by atoms with E-state index in [0.717, 1.165) is 30.0 Å². The van der Waals surface area contributed by atoms with Gasteiger partial charge < -0.3 is 10.5 Å². The summed E-state index contributed by atoms with van der Waals surface area (Å²) in [5, 5.41) is 13.2. The molecule has 0 radical (unpaired) electrons. The van der Waals surface area contributed by atoms with Crippen LogP contribution in [-0.4, -0.2) is 31.9 Å². The lowest BCUT2D eigenvalue weighted by Crippen LogP contribution is -2.16. The number of aromatic nitrogens is 5. The van der Waals surface area contributed by atoms with E-state index in [0.29, 0.717) is 17.0 Å². The monoisotopic (exact) mass is 376 g/mol. The van der Waals surface area contributed by atoms with Gasteiger partial charge in [0.2, 0.25) is 0 Å². The fourth-order valence-electron chi connectivity index (χ4n) is 3.53. The van der Waals surface area contributed by atoms with E-state index in [9.17, 15) is 4.39 Å². The van der Waals surface area contributed by atoms with Crippen molar-refractivity contribution < 1.29 is 9.13 Å². The Morgan fingerprint density at radius 3 is 2.39 bits per heavy atom. The normalized spacial score (nSPS) is 14.9. The number of nitrogens with two attached hydrogens (primary N) is 1. The zero-order valence-corrected chi connectivity index (χ0v) is 15.1. The van der Waals surface area contributed by atoms with Crippen LogP contribution in [0.1, 0.15) is 24.2 Å². The summed E-state index contributed by atoms with van der Waals surface area (Å²) < 4.78 is 20.2. The summed E-state index contributed by atoms with van der Waals surface area (Å²) in [5.74, 6) is 1.78. The van der Waals surface area contributed by atoms with Crippen LogP contribution in [0.15, 0.2) is 48.5 Å². The van der Waals surface area contributed by atoms with Gasteiger partial charge in [0.15, 0.2) is 11.6 Å². The Bertz CT molecular complexity index is 1170. The van der Waals surface area contributed by atoms with Gasteiger partial charge in [0.05, 0.1) is 12.5 Å². The number of hydrogen-bond donors (Lipinski definition) is 1. The molecule has 1 saturated carbocycles. The number of benzene rings is 2. The van der Waals surface area contributed by atoms with Gasteiger partial charge in [-0.05, 0) is 54.8 Å². The number of methoxy groups -OCH3 is 1. The lowest BCUT2D eigenvalue weighted by atomic mass is 9.95. The number of ether oxygens (including phenoxy) is 1. The van der Waals surface area contributed by atoms with Gasteiger partial charge in [0.1, 0.15) is 17.3 Å². The van der Waals surface area contributed by atoms with E-state index in [-0.39, 0.29) is 17.1 Å². The van der Waals surface area contributed by atoms with E-state index in [4.69, 9.17) is 10.5 Å². The molecule has 0 saturated heterocycles. The smallest absolute Gasteiger partial charge is 0.273 e. The second-order valence-electron chi connectivity index (χ2n) is 6.90.